The fourth-order valence-electron chi connectivity index (χ4n) is 1.53. The van der Waals surface area contributed by atoms with Crippen LogP contribution < -0.4 is 0 Å². The summed E-state index contributed by atoms with van der Waals surface area (Å²) in [6.45, 7) is -0.122. The van der Waals surface area contributed by atoms with Gasteiger partial charge in [0.25, 0.3) is 0 Å². The predicted octanol–water partition coefficient (Wildman–Crippen LogP) is 2.22. The summed E-state index contributed by atoms with van der Waals surface area (Å²) in [5.41, 5.74) is 0.918. The molecular formula is C13H14F2N2O4S2. The Morgan fingerprint density at radius 1 is 1.17 bits per heavy atom. The van der Waals surface area contributed by atoms with Gasteiger partial charge in [0.05, 0.1) is 19.8 Å². The fraction of sp³-hybridized carbons (Fsp3) is 0.385. The summed E-state index contributed by atoms with van der Waals surface area (Å²) in [4.78, 5) is 0. The van der Waals surface area contributed by atoms with Gasteiger partial charge in [-0.25, -0.2) is 8.42 Å². The van der Waals surface area contributed by atoms with Crippen molar-refractivity contribution in [3.05, 3.63) is 40.9 Å². The molecule has 23 heavy (non-hydrogen) atoms. The second kappa shape index (κ2) is 7.39. The molecule has 0 bridgehead atoms. The molecule has 0 atom stereocenters. The molecule has 2 aromatic rings. The zero-order chi connectivity index (χ0) is 16.9. The number of rotatable bonds is 8. The second-order valence-corrected chi connectivity index (χ2v) is 7.72. The highest BCUT2D eigenvalue weighted by Crippen LogP contribution is 2.32. The van der Waals surface area contributed by atoms with E-state index in [1.54, 1.807) is 0 Å². The summed E-state index contributed by atoms with van der Waals surface area (Å²) in [5, 5.41) is 5.60. The number of hydrogen-bond acceptors (Lipinski definition) is 7. The summed E-state index contributed by atoms with van der Waals surface area (Å²) in [6, 6.07) is 9.25. The average molecular weight is 364 g/mol. The largest absolute Gasteiger partial charge is 0.411 e. The van der Waals surface area contributed by atoms with Crippen molar-refractivity contribution in [2.75, 3.05) is 19.5 Å². The molecule has 0 saturated carbocycles. The van der Waals surface area contributed by atoms with Gasteiger partial charge in [-0.05, 0) is 5.56 Å². The third-order valence-electron chi connectivity index (χ3n) is 2.60. The third-order valence-corrected chi connectivity index (χ3v) is 5.24. The van der Waals surface area contributed by atoms with E-state index in [4.69, 9.17) is 4.74 Å². The van der Waals surface area contributed by atoms with Crippen molar-refractivity contribution < 1.29 is 26.7 Å². The minimum atomic E-state index is -3.71. The van der Waals surface area contributed by atoms with E-state index in [0.29, 0.717) is 0 Å². The lowest BCUT2D eigenvalue weighted by Crippen LogP contribution is -2.20. The number of benzene rings is 1. The molecule has 0 saturated heterocycles. The van der Waals surface area contributed by atoms with Gasteiger partial charge in [0.2, 0.25) is 19.2 Å². The quantitative estimate of drug-likeness (QED) is 0.669. The van der Waals surface area contributed by atoms with Crippen LogP contribution in [0, 0.1) is 0 Å². The van der Waals surface area contributed by atoms with Crippen LogP contribution in [0.25, 0.3) is 0 Å². The summed E-state index contributed by atoms with van der Waals surface area (Å²) in [7, 11) is -3.67. The SMILES string of the molecule is CS(=O)(=O)c1nnc(C(F)(F)OCCOCc2ccccc2)s1. The summed E-state index contributed by atoms with van der Waals surface area (Å²) in [5.74, 6) is 0. The van der Waals surface area contributed by atoms with E-state index in [1.807, 2.05) is 30.3 Å². The van der Waals surface area contributed by atoms with Crippen LogP contribution in [-0.4, -0.2) is 38.1 Å². The van der Waals surface area contributed by atoms with Crippen molar-refractivity contribution in [3.8, 4) is 0 Å². The Hall–Kier alpha value is -1.49. The molecule has 6 nitrogen and oxygen atoms in total. The Kier molecular flexibility index (Phi) is 5.74. The molecular weight excluding hydrogens is 350 g/mol. The molecule has 1 heterocycles. The van der Waals surface area contributed by atoms with Crippen LogP contribution in [0.2, 0.25) is 0 Å². The van der Waals surface area contributed by atoms with Crippen LogP contribution in [0.3, 0.4) is 0 Å². The molecule has 0 fully saturated rings. The van der Waals surface area contributed by atoms with E-state index in [1.165, 1.54) is 0 Å². The maximum Gasteiger partial charge on any atom is 0.411 e. The van der Waals surface area contributed by atoms with Crippen LogP contribution in [0.15, 0.2) is 34.7 Å². The van der Waals surface area contributed by atoms with Crippen molar-refractivity contribution >= 4 is 21.2 Å². The van der Waals surface area contributed by atoms with Crippen molar-refractivity contribution in [2.45, 2.75) is 17.1 Å². The fourth-order valence-corrected chi connectivity index (χ4v) is 3.07. The van der Waals surface area contributed by atoms with Gasteiger partial charge in [-0.3, -0.25) is 0 Å². The van der Waals surface area contributed by atoms with Crippen LogP contribution >= 0.6 is 11.3 Å². The Bertz CT molecular complexity index is 735. The van der Waals surface area contributed by atoms with Gasteiger partial charge in [-0.1, -0.05) is 41.7 Å². The number of hydrogen-bond donors (Lipinski definition) is 0. The summed E-state index contributed by atoms with van der Waals surface area (Å²) >= 11 is 0.281. The van der Waals surface area contributed by atoms with Gasteiger partial charge >= 0.3 is 6.11 Å². The highest BCUT2D eigenvalue weighted by atomic mass is 32.2. The topological polar surface area (TPSA) is 78.4 Å². The van der Waals surface area contributed by atoms with Crippen LogP contribution in [0.1, 0.15) is 10.6 Å². The molecule has 126 valence electrons. The molecule has 0 aliphatic carbocycles. The predicted molar refractivity (Wildman–Crippen MR) is 79.0 cm³/mol. The molecule has 0 spiro atoms. The van der Waals surface area contributed by atoms with E-state index in [2.05, 4.69) is 14.9 Å². The van der Waals surface area contributed by atoms with Crippen LogP contribution in [0.4, 0.5) is 8.78 Å². The van der Waals surface area contributed by atoms with Crippen LogP contribution in [0.5, 0.6) is 0 Å². The van der Waals surface area contributed by atoms with E-state index >= 15 is 0 Å². The zero-order valence-electron chi connectivity index (χ0n) is 12.1. The van der Waals surface area contributed by atoms with E-state index in [0.717, 1.165) is 11.8 Å². The zero-order valence-corrected chi connectivity index (χ0v) is 13.7. The van der Waals surface area contributed by atoms with E-state index in [-0.39, 0.29) is 31.2 Å². The first-order valence-electron chi connectivity index (χ1n) is 6.46. The molecule has 0 unspecified atom stereocenters. The van der Waals surface area contributed by atoms with Crippen molar-refractivity contribution in [1.82, 2.24) is 10.2 Å². The first kappa shape index (κ1) is 17.9. The van der Waals surface area contributed by atoms with E-state index in [9.17, 15) is 17.2 Å². The highest BCUT2D eigenvalue weighted by Gasteiger charge is 2.38. The highest BCUT2D eigenvalue weighted by molar-refractivity contribution is 7.92. The Morgan fingerprint density at radius 2 is 1.87 bits per heavy atom. The number of aromatic nitrogens is 2. The number of nitrogens with zero attached hydrogens (tertiary/aromatic N) is 2. The van der Waals surface area contributed by atoms with E-state index < -0.39 is 25.3 Å². The van der Waals surface area contributed by atoms with Crippen molar-refractivity contribution in [2.24, 2.45) is 0 Å². The third kappa shape index (κ3) is 5.27. The Morgan fingerprint density at radius 3 is 2.48 bits per heavy atom. The first-order valence-corrected chi connectivity index (χ1v) is 9.17. The number of alkyl halides is 2. The lowest BCUT2D eigenvalue weighted by Gasteiger charge is -2.13. The van der Waals surface area contributed by atoms with Crippen molar-refractivity contribution in [1.29, 1.82) is 0 Å². The monoisotopic (exact) mass is 364 g/mol. The molecule has 0 amide bonds. The maximum atomic E-state index is 13.7. The van der Waals surface area contributed by atoms with Gasteiger partial charge in [-0.15, -0.1) is 10.2 Å². The van der Waals surface area contributed by atoms with Crippen molar-refractivity contribution in [3.63, 3.8) is 0 Å². The molecule has 2 rings (SSSR count). The Labute approximate surface area is 136 Å². The molecule has 0 aliphatic rings. The minimum absolute atomic E-state index is 0.0395. The van der Waals surface area contributed by atoms with Gasteiger partial charge < -0.3 is 9.47 Å². The number of sulfone groups is 1. The molecule has 1 aromatic carbocycles. The molecule has 0 N–H and O–H groups in total. The number of halogens is 2. The molecule has 0 radical (unpaired) electrons. The first-order chi connectivity index (χ1) is 10.8. The molecule has 10 heteroatoms. The molecule has 1 aromatic heterocycles. The van der Waals surface area contributed by atoms with Gasteiger partial charge in [0.15, 0.2) is 0 Å². The lowest BCUT2D eigenvalue weighted by molar-refractivity contribution is -0.253. The van der Waals surface area contributed by atoms with Crippen LogP contribution in [-0.2, 0) is 32.0 Å². The average Bonchev–Trinajstić information content (AvgIpc) is 2.99. The van der Waals surface area contributed by atoms with Gasteiger partial charge in [0, 0.05) is 6.26 Å². The second-order valence-electron chi connectivity index (χ2n) is 4.55. The number of ether oxygens (including phenoxy) is 2. The molecule has 0 aliphatic heterocycles. The summed E-state index contributed by atoms with van der Waals surface area (Å²) < 4.78 is 59.1. The maximum absolute atomic E-state index is 13.7. The van der Waals surface area contributed by atoms with Gasteiger partial charge in [0.1, 0.15) is 0 Å². The summed E-state index contributed by atoms with van der Waals surface area (Å²) in [6.07, 6.45) is -2.84. The lowest BCUT2D eigenvalue weighted by atomic mass is 10.2. The minimum Gasteiger partial charge on any atom is -0.374 e. The Balaban J connectivity index is 1.81. The normalized spacial score (nSPS) is 12.5. The standard InChI is InChI=1S/C13H14F2N2O4S2/c1-23(18,19)12-17-16-11(22-12)13(14,15)21-8-7-20-9-10-5-3-2-4-6-10/h2-6H,7-9H2,1H3. The smallest absolute Gasteiger partial charge is 0.374 e. The van der Waals surface area contributed by atoms with Gasteiger partial charge in [-0.2, -0.15) is 8.78 Å².